The average Bonchev–Trinajstić information content (AvgIpc) is 3.06. The monoisotopic (exact) mass is 397 g/mol. The number of carboxylic acids is 1. The molecule has 0 spiro atoms. The summed E-state index contributed by atoms with van der Waals surface area (Å²) < 4.78 is 0. The molecule has 3 atom stereocenters. The minimum atomic E-state index is -0.930. The van der Waals surface area contributed by atoms with E-state index in [1.807, 2.05) is 30.9 Å². The van der Waals surface area contributed by atoms with E-state index in [4.69, 9.17) is 5.11 Å². The van der Waals surface area contributed by atoms with E-state index in [0.29, 0.717) is 19.4 Å². The van der Waals surface area contributed by atoms with Crippen molar-refractivity contribution < 1.29 is 19.8 Å². The molecule has 1 aliphatic rings. The zero-order chi connectivity index (χ0) is 21.2. The maximum atomic E-state index is 12.3. The molecule has 156 valence electrons. The smallest absolute Gasteiger partial charge is 0.335 e. The van der Waals surface area contributed by atoms with E-state index in [1.165, 1.54) is 0 Å². The standard InChI is InChI=1S/C24H31NO4/c1-3-4-5-8-18(2)22(26)14-12-21-13-15-23(27)25(21)16-7-10-19-9-6-11-20(17-19)24(28)29/h6,9,11-12,14,17-18,21-22,26H,3,7-8,10,13,15-16H2,1-2H3,(H,28,29)/t18-,21-,22+/m0/s1. The summed E-state index contributed by atoms with van der Waals surface area (Å²) in [5.41, 5.74) is 1.24. The van der Waals surface area contributed by atoms with Gasteiger partial charge in [-0.2, -0.15) is 0 Å². The fourth-order valence-corrected chi connectivity index (χ4v) is 3.47. The third kappa shape index (κ3) is 7.07. The van der Waals surface area contributed by atoms with Crippen LogP contribution in [0.3, 0.4) is 0 Å². The molecule has 0 bridgehead atoms. The van der Waals surface area contributed by atoms with Gasteiger partial charge in [0, 0.05) is 25.8 Å². The molecule has 1 aromatic carbocycles. The fraction of sp³-hybridized carbons (Fsp3) is 0.500. The number of aliphatic hydroxyl groups excluding tert-OH is 1. The van der Waals surface area contributed by atoms with E-state index in [9.17, 15) is 14.7 Å². The molecular weight excluding hydrogens is 366 g/mol. The SMILES string of the molecule is CCC#CC[C@H](C)[C@H](O)C=C[C@H]1CCC(=O)N1CCCc1cccc(C(=O)O)c1. The topological polar surface area (TPSA) is 77.8 Å². The lowest BCUT2D eigenvalue weighted by molar-refractivity contribution is -0.128. The molecular formula is C24H31NO4. The van der Waals surface area contributed by atoms with Gasteiger partial charge in [0.25, 0.3) is 0 Å². The number of aliphatic hydroxyl groups is 1. The maximum Gasteiger partial charge on any atom is 0.335 e. The second-order valence-corrected chi connectivity index (χ2v) is 7.57. The molecule has 0 aliphatic carbocycles. The zero-order valence-corrected chi connectivity index (χ0v) is 17.3. The summed E-state index contributed by atoms with van der Waals surface area (Å²) >= 11 is 0. The Labute approximate surface area is 173 Å². The van der Waals surface area contributed by atoms with Gasteiger partial charge in [-0.3, -0.25) is 4.79 Å². The molecule has 1 heterocycles. The molecule has 0 unspecified atom stereocenters. The molecule has 5 nitrogen and oxygen atoms in total. The second-order valence-electron chi connectivity index (χ2n) is 7.57. The summed E-state index contributed by atoms with van der Waals surface area (Å²) in [4.78, 5) is 25.2. The number of hydrogen-bond donors (Lipinski definition) is 2. The predicted octanol–water partition coefficient (Wildman–Crippen LogP) is 3.67. The van der Waals surface area contributed by atoms with Crippen LogP contribution in [0.1, 0.15) is 61.9 Å². The van der Waals surface area contributed by atoms with Gasteiger partial charge in [-0.25, -0.2) is 4.79 Å². The quantitative estimate of drug-likeness (QED) is 0.492. The molecule has 1 saturated heterocycles. The highest BCUT2D eigenvalue weighted by atomic mass is 16.4. The minimum Gasteiger partial charge on any atom is -0.478 e. The van der Waals surface area contributed by atoms with Crippen LogP contribution in [-0.4, -0.2) is 45.7 Å². The van der Waals surface area contributed by atoms with Gasteiger partial charge in [-0.05, 0) is 42.9 Å². The van der Waals surface area contributed by atoms with Crippen molar-refractivity contribution in [1.29, 1.82) is 0 Å². The van der Waals surface area contributed by atoms with Crippen molar-refractivity contribution in [2.75, 3.05) is 6.54 Å². The van der Waals surface area contributed by atoms with Gasteiger partial charge >= 0.3 is 5.97 Å². The van der Waals surface area contributed by atoms with Crippen LogP contribution < -0.4 is 0 Å². The van der Waals surface area contributed by atoms with E-state index in [1.54, 1.807) is 24.3 Å². The number of hydrogen-bond acceptors (Lipinski definition) is 3. The van der Waals surface area contributed by atoms with Gasteiger partial charge in [0.15, 0.2) is 0 Å². The highest BCUT2D eigenvalue weighted by Crippen LogP contribution is 2.22. The molecule has 1 amide bonds. The third-order valence-corrected chi connectivity index (χ3v) is 5.25. The summed E-state index contributed by atoms with van der Waals surface area (Å²) in [6.07, 6.45) is 7.42. The molecule has 29 heavy (non-hydrogen) atoms. The fourth-order valence-electron chi connectivity index (χ4n) is 3.47. The first-order chi connectivity index (χ1) is 13.9. The van der Waals surface area contributed by atoms with Crippen LogP contribution in [0.15, 0.2) is 36.4 Å². The van der Waals surface area contributed by atoms with Crippen molar-refractivity contribution in [2.24, 2.45) is 5.92 Å². The zero-order valence-electron chi connectivity index (χ0n) is 17.3. The van der Waals surface area contributed by atoms with E-state index in [2.05, 4.69) is 11.8 Å². The summed E-state index contributed by atoms with van der Waals surface area (Å²) in [5, 5.41) is 19.4. The first kappa shape index (κ1) is 22.7. The van der Waals surface area contributed by atoms with Crippen LogP contribution in [0.4, 0.5) is 0 Å². The van der Waals surface area contributed by atoms with E-state index in [-0.39, 0.29) is 23.4 Å². The van der Waals surface area contributed by atoms with Gasteiger partial charge in [-0.15, -0.1) is 11.8 Å². The van der Waals surface area contributed by atoms with Crippen molar-refractivity contribution in [3.8, 4) is 11.8 Å². The molecule has 1 aliphatic heterocycles. The molecule has 2 N–H and O–H groups in total. The highest BCUT2D eigenvalue weighted by molar-refractivity contribution is 5.87. The Balaban J connectivity index is 1.88. The Bertz CT molecular complexity index is 790. The van der Waals surface area contributed by atoms with Crippen molar-refractivity contribution in [2.45, 2.75) is 64.5 Å². The Kier molecular flexibility index (Phi) is 8.95. The van der Waals surface area contributed by atoms with Crippen LogP contribution in [0.5, 0.6) is 0 Å². The predicted molar refractivity (Wildman–Crippen MR) is 113 cm³/mol. The van der Waals surface area contributed by atoms with Gasteiger partial charge < -0.3 is 15.1 Å². The minimum absolute atomic E-state index is 0.0106. The van der Waals surface area contributed by atoms with E-state index in [0.717, 1.165) is 31.2 Å². The van der Waals surface area contributed by atoms with Crippen molar-refractivity contribution in [3.05, 3.63) is 47.5 Å². The Hall–Kier alpha value is -2.58. The number of aromatic carboxylic acids is 1. The number of amides is 1. The number of rotatable bonds is 9. The molecule has 1 fully saturated rings. The van der Waals surface area contributed by atoms with Crippen LogP contribution in [-0.2, 0) is 11.2 Å². The highest BCUT2D eigenvalue weighted by Gasteiger charge is 2.28. The Morgan fingerprint density at radius 3 is 2.90 bits per heavy atom. The third-order valence-electron chi connectivity index (χ3n) is 5.25. The number of aryl methyl sites for hydroxylation is 1. The van der Waals surface area contributed by atoms with Crippen LogP contribution in [0, 0.1) is 17.8 Å². The number of carboxylic acid groups (broad SMARTS) is 1. The van der Waals surface area contributed by atoms with Crippen LogP contribution in [0.25, 0.3) is 0 Å². The Morgan fingerprint density at radius 2 is 2.17 bits per heavy atom. The van der Waals surface area contributed by atoms with Crippen molar-refractivity contribution in [1.82, 2.24) is 4.90 Å². The molecule has 2 rings (SSSR count). The van der Waals surface area contributed by atoms with Gasteiger partial charge in [0.1, 0.15) is 0 Å². The summed E-state index contributed by atoms with van der Waals surface area (Å²) in [6, 6.07) is 6.94. The normalized spacial score (nSPS) is 18.5. The lowest BCUT2D eigenvalue weighted by Gasteiger charge is -2.23. The van der Waals surface area contributed by atoms with Gasteiger partial charge in [0.05, 0.1) is 17.7 Å². The van der Waals surface area contributed by atoms with Gasteiger partial charge in [0.2, 0.25) is 5.91 Å². The average molecular weight is 398 g/mol. The number of nitrogens with zero attached hydrogens (tertiary/aromatic N) is 1. The summed E-state index contributed by atoms with van der Waals surface area (Å²) in [5.74, 6) is 5.35. The molecule has 0 aromatic heterocycles. The van der Waals surface area contributed by atoms with Crippen LogP contribution in [0.2, 0.25) is 0 Å². The number of benzene rings is 1. The molecule has 0 saturated carbocycles. The summed E-state index contributed by atoms with van der Waals surface area (Å²) in [6.45, 7) is 4.60. The van der Waals surface area contributed by atoms with Crippen molar-refractivity contribution in [3.63, 3.8) is 0 Å². The number of carbonyl (C=O) groups excluding carboxylic acids is 1. The Morgan fingerprint density at radius 1 is 1.38 bits per heavy atom. The van der Waals surface area contributed by atoms with E-state index >= 15 is 0 Å². The lowest BCUT2D eigenvalue weighted by Crippen LogP contribution is -2.33. The van der Waals surface area contributed by atoms with Gasteiger partial charge in [-0.1, -0.05) is 38.1 Å². The van der Waals surface area contributed by atoms with E-state index < -0.39 is 12.1 Å². The van der Waals surface area contributed by atoms with Crippen molar-refractivity contribution >= 4 is 11.9 Å². The second kappa shape index (κ2) is 11.4. The number of carbonyl (C=O) groups is 2. The molecule has 0 radical (unpaired) electrons. The van der Waals surface area contributed by atoms with Crippen LogP contribution >= 0.6 is 0 Å². The molecule has 1 aromatic rings. The lowest BCUT2D eigenvalue weighted by atomic mass is 10.00. The maximum absolute atomic E-state index is 12.3. The summed E-state index contributed by atoms with van der Waals surface area (Å²) in [7, 11) is 0. The number of likely N-dealkylation sites (tertiary alicyclic amines) is 1. The first-order valence-corrected chi connectivity index (χ1v) is 10.4. The largest absolute Gasteiger partial charge is 0.478 e. The first-order valence-electron chi connectivity index (χ1n) is 10.4. The molecule has 5 heteroatoms.